The molecule has 0 radical (unpaired) electrons. The van der Waals surface area contributed by atoms with E-state index in [2.05, 4.69) is 10.1 Å². The van der Waals surface area contributed by atoms with E-state index in [0.717, 1.165) is 0 Å². The molecule has 0 bridgehead atoms. The number of halogens is 3. The molecule has 3 heterocycles. The summed E-state index contributed by atoms with van der Waals surface area (Å²) in [6, 6.07) is 1.41. The highest BCUT2D eigenvalue weighted by molar-refractivity contribution is 7.70. The molecule has 1 saturated heterocycles. The largest absolute Gasteiger partial charge is 0.387 e. The topological polar surface area (TPSA) is 167 Å². The van der Waals surface area contributed by atoms with Crippen LogP contribution in [0.5, 0.6) is 0 Å². The molecule has 1 aliphatic heterocycles. The Bertz CT molecular complexity index is 1100. The molecule has 4 N–H and O–H groups in total. The molecule has 3 atom stereocenters. The molecular weight excluding hydrogens is 512 g/mol. The Morgan fingerprint density at radius 2 is 2.03 bits per heavy atom. The number of aromatic nitrogens is 3. The second kappa shape index (κ2) is 9.80. The third kappa shape index (κ3) is 6.91. The predicted octanol–water partition coefficient (Wildman–Crippen LogP) is 2.00. The van der Waals surface area contributed by atoms with Crippen molar-refractivity contribution in [1.82, 2.24) is 14.6 Å². The van der Waals surface area contributed by atoms with Gasteiger partial charge in [0.05, 0.1) is 36.8 Å². The van der Waals surface area contributed by atoms with Crippen molar-refractivity contribution in [3.63, 3.8) is 0 Å². The molecule has 0 amide bonds. The van der Waals surface area contributed by atoms with E-state index in [0.29, 0.717) is 5.69 Å². The van der Waals surface area contributed by atoms with Crippen molar-refractivity contribution in [2.45, 2.75) is 31.0 Å². The van der Waals surface area contributed by atoms with Crippen molar-refractivity contribution >= 4 is 38.1 Å². The molecule has 1 unspecified atom stereocenters. The summed E-state index contributed by atoms with van der Waals surface area (Å²) >= 11 is 6.07. The van der Waals surface area contributed by atoms with Gasteiger partial charge in [-0.3, -0.25) is 9.13 Å². The van der Waals surface area contributed by atoms with Gasteiger partial charge in [-0.1, -0.05) is 11.6 Å². The number of methoxy groups -OCH3 is 1. The van der Waals surface area contributed by atoms with Crippen LogP contribution in [0.2, 0.25) is 5.15 Å². The molecule has 2 aromatic heterocycles. The van der Waals surface area contributed by atoms with E-state index in [1.807, 2.05) is 0 Å². The number of nitrogens with zero attached hydrogens (tertiary/aromatic N) is 4. The van der Waals surface area contributed by atoms with Crippen LogP contribution < -0.4 is 4.90 Å². The average Bonchev–Trinajstić information content (AvgIpc) is 3.25. The first-order valence-electron chi connectivity index (χ1n) is 9.58. The first kappa shape index (κ1) is 26.4. The number of alkyl halides is 2. The van der Waals surface area contributed by atoms with Crippen LogP contribution in [-0.2, 0) is 18.4 Å². The van der Waals surface area contributed by atoms with Gasteiger partial charge in [-0.05, 0) is 0 Å². The summed E-state index contributed by atoms with van der Waals surface area (Å²) in [4.78, 5) is 32.9. The standard InChI is InChI=1S/C16H23ClF2N4O8P2/c1-30-10(7-31-33(28,29)9-32(25,26)27)4-13(24)12-6-20-15-11(5-14(17)21-23(12)15)22-3-2-16(18,19)8-22/h5-6,10,13,24H,2-4,7-9H2,1H3,(H,28,29)(H2,25,26,27)/t10-,13-/m0/s1. The van der Waals surface area contributed by atoms with E-state index >= 15 is 0 Å². The maximum atomic E-state index is 13.7. The Kier molecular flexibility index (Phi) is 7.84. The van der Waals surface area contributed by atoms with Gasteiger partial charge in [-0.25, -0.2) is 18.3 Å². The summed E-state index contributed by atoms with van der Waals surface area (Å²) in [5.41, 5.74) is 0.693. The molecule has 186 valence electrons. The molecule has 17 heteroatoms. The van der Waals surface area contributed by atoms with Gasteiger partial charge in [0.2, 0.25) is 0 Å². The first-order chi connectivity index (χ1) is 15.2. The Labute approximate surface area is 191 Å². The van der Waals surface area contributed by atoms with Crippen molar-refractivity contribution in [2.75, 3.05) is 37.6 Å². The lowest BCUT2D eigenvalue weighted by Crippen LogP contribution is -2.25. The van der Waals surface area contributed by atoms with E-state index < -0.39 is 52.4 Å². The molecule has 1 aliphatic rings. The van der Waals surface area contributed by atoms with Crippen molar-refractivity contribution in [2.24, 2.45) is 0 Å². The molecule has 3 rings (SSSR count). The van der Waals surface area contributed by atoms with Crippen LogP contribution >= 0.6 is 26.8 Å². The third-order valence-corrected chi connectivity index (χ3v) is 8.58. The van der Waals surface area contributed by atoms with Gasteiger partial charge >= 0.3 is 15.2 Å². The van der Waals surface area contributed by atoms with Crippen LogP contribution in [0.4, 0.5) is 14.5 Å². The summed E-state index contributed by atoms with van der Waals surface area (Å²) in [6.45, 7) is -0.959. The van der Waals surface area contributed by atoms with E-state index in [1.165, 1.54) is 28.8 Å². The van der Waals surface area contributed by atoms with Crippen molar-refractivity contribution in [3.05, 3.63) is 23.1 Å². The molecule has 0 saturated carbocycles. The van der Waals surface area contributed by atoms with Crippen LogP contribution in [0.25, 0.3) is 5.65 Å². The van der Waals surface area contributed by atoms with Gasteiger partial charge in [-0.2, -0.15) is 5.10 Å². The molecule has 0 spiro atoms. The summed E-state index contributed by atoms with van der Waals surface area (Å²) in [7, 11) is -8.14. The zero-order chi connectivity index (χ0) is 24.6. The quantitative estimate of drug-likeness (QED) is 0.329. The number of rotatable bonds is 10. The Balaban J connectivity index is 1.76. The van der Waals surface area contributed by atoms with E-state index in [-0.39, 0.29) is 35.9 Å². The summed E-state index contributed by atoms with van der Waals surface area (Å²) < 4.78 is 61.2. The Morgan fingerprint density at radius 3 is 2.61 bits per heavy atom. The third-order valence-electron chi connectivity index (χ3n) is 4.94. The molecular formula is C16H23ClF2N4O8P2. The average molecular weight is 535 g/mol. The van der Waals surface area contributed by atoms with Gasteiger partial charge in [-0.15, -0.1) is 0 Å². The van der Waals surface area contributed by atoms with Crippen LogP contribution in [-0.4, -0.2) is 79.1 Å². The fraction of sp³-hybridized carbons (Fsp3) is 0.625. The van der Waals surface area contributed by atoms with Crippen LogP contribution in [0.15, 0.2) is 12.3 Å². The SMILES string of the molecule is CO[C@H](COP(=O)(O)CP(=O)(O)O)C[C@H](O)c1cnc2c(N3CCC(F)(F)C3)cc(Cl)nn12. The van der Waals surface area contributed by atoms with E-state index in [9.17, 15) is 27.9 Å². The van der Waals surface area contributed by atoms with Crippen LogP contribution in [0, 0.1) is 0 Å². The molecule has 33 heavy (non-hydrogen) atoms. The minimum absolute atomic E-state index is 0.00977. The van der Waals surface area contributed by atoms with Crippen LogP contribution in [0.1, 0.15) is 24.6 Å². The van der Waals surface area contributed by atoms with Crippen LogP contribution in [0.3, 0.4) is 0 Å². The van der Waals surface area contributed by atoms with Crippen molar-refractivity contribution in [3.8, 4) is 0 Å². The number of imidazole rings is 1. The van der Waals surface area contributed by atoms with Gasteiger partial charge in [0.15, 0.2) is 16.7 Å². The highest BCUT2D eigenvalue weighted by atomic mass is 35.5. The lowest BCUT2D eigenvalue weighted by Gasteiger charge is -2.21. The van der Waals surface area contributed by atoms with Crippen molar-refractivity contribution < 1.29 is 47.0 Å². The fourth-order valence-electron chi connectivity index (χ4n) is 3.42. The van der Waals surface area contributed by atoms with Gasteiger partial charge in [0.25, 0.3) is 5.92 Å². The van der Waals surface area contributed by atoms with E-state index in [4.69, 9.17) is 30.6 Å². The zero-order valence-corrected chi connectivity index (χ0v) is 19.8. The van der Waals surface area contributed by atoms with Crippen molar-refractivity contribution in [1.29, 1.82) is 0 Å². The number of ether oxygens (including phenoxy) is 1. The lowest BCUT2D eigenvalue weighted by molar-refractivity contribution is 0.0120. The van der Waals surface area contributed by atoms with Gasteiger partial charge < -0.3 is 33.9 Å². The molecule has 12 nitrogen and oxygen atoms in total. The number of aliphatic hydroxyl groups excluding tert-OH is 1. The fourth-order valence-corrected chi connectivity index (χ4v) is 6.18. The minimum Gasteiger partial charge on any atom is -0.387 e. The molecule has 2 aromatic rings. The Hall–Kier alpha value is -1.21. The summed E-state index contributed by atoms with van der Waals surface area (Å²) in [5.74, 6) is -4.20. The Morgan fingerprint density at radius 1 is 1.33 bits per heavy atom. The maximum Gasteiger partial charge on any atom is 0.340 e. The summed E-state index contributed by atoms with van der Waals surface area (Å²) in [5, 5.41) is 14.8. The molecule has 0 aliphatic carbocycles. The number of hydrogen-bond donors (Lipinski definition) is 4. The lowest BCUT2D eigenvalue weighted by atomic mass is 10.1. The monoisotopic (exact) mass is 534 g/mol. The normalized spacial score (nSPS) is 20.2. The van der Waals surface area contributed by atoms with Gasteiger partial charge in [0.1, 0.15) is 6.10 Å². The number of aliphatic hydroxyl groups is 1. The minimum atomic E-state index is -4.79. The number of fused-ring (bicyclic) bond motifs is 1. The summed E-state index contributed by atoms with van der Waals surface area (Å²) in [6.07, 6.45) is -1.43. The highest BCUT2D eigenvalue weighted by Gasteiger charge is 2.39. The maximum absolute atomic E-state index is 13.7. The zero-order valence-electron chi connectivity index (χ0n) is 17.3. The second-order valence-electron chi connectivity index (χ2n) is 7.65. The number of anilines is 1. The molecule has 0 aromatic carbocycles. The predicted molar refractivity (Wildman–Crippen MR) is 113 cm³/mol. The molecule has 1 fully saturated rings. The smallest absolute Gasteiger partial charge is 0.340 e. The first-order valence-corrected chi connectivity index (χ1v) is 13.5. The highest BCUT2D eigenvalue weighted by Crippen LogP contribution is 2.55. The number of hydrogen-bond acceptors (Lipinski definition) is 8. The second-order valence-corrected chi connectivity index (χ2v) is 12.0. The van der Waals surface area contributed by atoms with E-state index in [1.54, 1.807) is 0 Å². The van der Waals surface area contributed by atoms with Gasteiger partial charge in [0, 0.05) is 32.6 Å².